The van der Waals surface area contributed by atoms with Gasteiger partial charge in [-0.05, 0) is 42.9 Å². The molecule has 1 rings (SSSR count). The third-order valence-corrected chi connectivity index (χ3v) is 3.32. The highest BCUT2D eigenvalue weighted by molar-refractivity contribution is 5.65. The van der Waals surface area contributed by atoms with Gasteiger partial charge in [0.05, 0.1) is 0 Å². The fourth-order valence-corrected chi connectivity index (χ4v) is 1.55. The van der Waals surface area contributed by atoms with E-state index >= 15 is 0 Å². The van der Waals surface area contributed by atoms with E-state index < -0.39 is 0 Å². The molecule has 19 heavy (non-hydrogen) atoms. The van der Waals surface area contributed by atoms with Crippen molar-refractivity contribution in [2.24, 2.45) is 5.92 Å². The third-order valence-electron chi connectivity index (χ3n) is 3.32. The summed E-state index contributed by atoms with van der Waals surface area (Å²) in [5.41, 5.74) is 5.47. The predicted molar refractivity (Wildman–Crippen MR) is 89.4 cm³/mol. The first kappa shape index (κ1) is 17.7. The van der Waals surface area contributed by atoms with Gasteiger partial charge in [-0.25, -0.2) is 0 Å². The highest BCUT2D eigenvalue weighted by atomic mass is 14.0. The molecule has 0 aliphatic carbocycles. The molecule has 0 N–H and O–H groups in total. The lowest BCUT2D eigenvalue weighted by Crippen LogP contribution is -1.87. The Kier molecular flexibility index (Phi) is 8.95. The summed E-state index contributed by atoms with van der Waals surface area (Å²) in [6.07, 6.45) is 5.55. The van der Waals surface area contributed by atoms with E-state index in [1.54, 1.807) is 0 Å². The number of hydrogen-bond acceptors (Lipinski definition) is 0. The molecule has 0 fully saturated rings. The van der Waals surface area contributed by atoms with Crippen LogP contribution in [0, 0.1) is 5.92 Å². The molecule has 0 saturated carbocycles. The summed E-state index contributed by atoms with van der Waals surface area (Å²) in [5.74, 6) is 0.626. The molecule has 0 aliphatic rings. The Morgan fingerprint density at radius 1 is 1.00 bits per heavy atom. The monoisotopic (exact) mass is 258 g/mol. The van der Waals surface area contributed by atoms with Crippen molar-refractivity contribution in [1.82, 2.24) is 0 Å². The summed E-state index contributed by atoms with van der Waals surface area (Å²) >= 11 is 0. The third kappa shape index (κ3) is 6.42. The topological polar surface area (TPSA) is 0 Å². The molecule has 0 heterocycles. The average molecular weight is 258 g/mol. The highest BCUT2D eigenvalue weighted by Gasteiger charge is 1.96. The van der Waals surface area contributed by atoms with Crippen molar-refractivity contribution in [2.45, 2.75) is 54.9 Å². The van der Waals surface area contributed by atoms with Crippen molar-refractivity contribution in [1.29, 1.82) is 0 Å². The number of aryl methyl sites for hydroxylation is 1. The highest BCUT2D eigenvalue weighted by Crippen LogP contribution is 2.16. The van der Waals surface area contributed by atoms with E-state index in [1.165, 1.54) is 22.3 Å². The lowest BCUT2D eigenvalue weighted by Gasteiger charge is -2.05. The zero-order valence-corrected chi connectivity index (χ0v) is 13.7. The van der Waals surface area contributed by atoms with Crippen LogP contribution in [0.15, 0.2) is 42.0 Å². The Bertz CT molecular complexity index is 402. The van der Waals surface area contributed by atoms with Crippen molar-refractivity contribution in [3.8, 4) is 0 Å². The van der Waals surface area contributed by atoms with Gasteiger partial charge in [0.15, 0.2) is 0 Å². The fourth-order valence-electron chi connectivity index (χ4n) is 1.55. The molecular weight excluding hydrogens is 228 g/mol. The summed E-state index contributed by atoms with van der Waals surface area (Å²) in [6.45, 7) is 15.0. The molecule has 0 saturated heterocycles. The maximum Gasteiger partial charge on any atom is -0.0227 e. The molecule has 106 valence electrons. The summed E-state index contributed by atoms with van der Waals surface area (Å²) in [6, 6.07) is 8.85. The number of hydrogen-bond donors (Lipinski definition) is 0. The van der Waals surface area contributed by atoms with Gasteiger partial charge in [-0.1, -0.05) is 76.6 Å². The first-order valence-corrected chi connectivity index (χ1v) is 7.49. The molecular formula is C19H30. The minimum atomic E-state index is 0.626. The van der Waals surface area contributed by atoms with Gasteiger partial charge in [0.1, 0.15) is 0 Å². The van der Waals surface area contributed by atoms with Gasteiger partial charge in [-0.15, -0.1) is 0 Å². The number of rotatable bonds is 4. The molecule has 0 aromatic heterocycles. The Morgan fingerprint density at radius 2 is 1.53 bits per heavy atom. The molecule has 0 radical (unpaired) electrons. The molecule has 1 aromatic rings. The fraction of sp³-hybridized carbons (Fsp3) is 0.474. The zero-order valence-electron chi connectivity index (χ0n) is 13.7. The van der Waals surface area contributed by atoms with Gasteiger partial charge in [0.25, 0.3) is 0 Å². The van der Waals surface area contributed by atoms with Crippen LogP contribution in [0.1, 0.15) is 59.6 Å². The van der Waals surface area contributed by atoms with Crippen molar-refractivity contribution >= 4 is 5.57 Å². The summed E-state index contributed by atoms with van der Waals surface area (Å²) in [4.78, 5) is 0. The first-order chi connectivity index (χ1) is 9.04. The number of benzene rings is 1. The predicted octanol–water partition coefficient (Wildman–Crippen LogP) is 6.28. The van der Waals surface area contributed by atoms with Gasteiger partial charge in [-0.3, -0.25) is 0 Å². The quantitative estimate of drug-likeness (QED) is 0.557. The maximum absolute atomic E-state index is 2.23. The van der Waals surface area contributed by atoms with E-state index in [2.05, 4.69) is 71.0 Å². The van der Waals surface area contributed by atoms with Crippen molar-refractivity contribution in [3.05, 3.63) is 53.1 Å². The van der Waals surface area contributed by atoms with Gasteiger partial charge in [0.2, 0.25) is 0 Å². The van der Waals surface area contributed by atoms with Crippen molar-refractivity contribution in [3.63, 3.8) is 0 Å². The standard InChI is InChI=1S/C17H24.C2H6/c1-6-16-9-11-17(12-10-16)15(5)8-7-14(4)13(2)3;1-2/h7-13H,6H2,1-5H3;1-2H3/b14-7+,15-8+;. The van der Waals surface area contributed by atoms with Crippen molar-refractivity contribution < 1.29 is 0 Å². The van der Waals surface area contributed by atoms with Crippen LogP contribution in [0.4, 0.5) is 0 Å². The van der Waals surface area contributed by atoms with Crippen LogP contribution >= 0.6 is 0 Å². The second-order valence-corrected chi connectivity index (χ2v) is 4.97. The van der Waals surface area contributed by atoms with E-state index in [-0.39, 0.29) is 0 Å². The van der Waals surface area contributed by atoms with Crippen LogP contribution in [0.2, 0.25) is 0 Å². The van der Waals surface area contributed by atoms with Gasteiger partial charge in [-0.2, -0.15) is 0 Å². The second-order valence-electron chi connectivity index (χ2n) is 4.97. The van der Waals surface area contributed by atoms with E-state index in [4.69, 9.17) is 0 Å². The molecule has 0 unspecified atom stereocenters. The van der Waals surface area contributed by atoms with Crippen LogP contribution < -0.4 is 0 Å². The lowest BCUT2D eigenvalue weighted by molar-refractivity contribution is 0.769. The molecule has 1 aromatic carbocycles. The Labute approximate surface area is 120 Å². The summed E-state index contributed by atoms with van der Waals surface area (Å²) in [7, 11) is 0. The zero-order chi connectivity index (χ0) is 14.8. The minimum absolute atomic E-state index is 0.626. The van der Waals surface area contributed by atoms with Crippen LogP contribution in [0.3, 0.4) is 0 Å². The Morgan fingerprint density at radius 3 is 1.95 bits per heavy atom. The Balaban J connectivity index is 0.00000154. The largest absolute Gasteiger partial charge is 0.0708 e. The normalized spacial score (nSPS) is 12.2. The Hall–Kier alpha value is -1.30. The molecule has 0 atom stereocenters. The maximum atomic E-state index is 2.23. The minimum Gasteiger partial charge on any atom is -0.0708 e. The van der Waals surface area contributed by atoms with Crippen LogP contribution in [0.5, 0.6) is 0 Å². The molecule has 0 nitrogen and oxygen atoms in total. The van der Waals surface area contributed by atoms with Crippen molar-refractivity contribution in [2.75, 3.05) is 0 Å². The van der Waals surface area contributed by atoms with Gasteiger partial charge in [0, 0.05) is 0 Å². The molecule has 0 aliphatic heterocycles. The van der Waals surface area contributed by atoms with E-state index in [1.807, 2.05) is 13.8 Å². The van der Waals surface area contributed by atoms with Crippen LogP contribution in [-0.2, 0) is 6.42 Å². The molecule has 0 spiro atoms. The first-order valence-electron chi connectivity index (χ1n) is 7.49. The summed E-state index contributed by atoms with van der Waals surface area (Å²) < 4.78 is 0. The SMILES string of the molecule is CC.CCc1ccc(/C(C)=C/C=C(\C)C(C)C)cc1. The average Bonchev–Trinajstić information content (AvgIpc) is 2.46. The molecule has 0 heteroatoms. The number of allylic oxidation sites excluding steroid dienone is 4. The smallest absolute Gasteiger partial charge is 0.0227 e. The van der Waals surface area contributed by atoms with E-state index in [0.717, 1.165) is 6.42 Å². The second kappa shape index (κ2) is 9.61. The van der Waals surface area contributed by atoms with Gasteiger partial charge >= 0.3 is 0 Å². The van der Waals surface area contributed by atoms with Gasteiger partial charge < -0.3 is 0 Å². The lowest BCUT2D eigenvalue weighted by atomic mass is 10.0. The van der Waals surface area contributed by atoms with Crippen LogP contribution in [-0.4, -0.2) is 0 Å². The summed E-state index contributed by atoms with van der Waals surface area (Å²) in [5, 5.41) is 0. The molecule has 0 bridgehead atoms. The van der Waals surface area contributed by atoms with E-state index in [0.29, 0.717) is 5.92 Å². The van der Waals surface area contributed by atoms with Crippen LogP contribution in [0.25, 0.3) is 5.57 Å². The molecule has 0 amide bonds. The van der Waals surface area contributed by atoms with E-state index in [9.17, 15) is 0 Å².